The maximum absolute atomic E-state index is 2.47. The van der Waals surface area contributed by atoms with Crippen molar-refractivity contribution in [2.45, 2.75) is 5.41 Å². The number of hydrogen-bond acceptors (Lipinski definition) is 2. The van der Waals surface area contributed by atoms with Gasteiger partial charge >= 0.3 is 0 Å². The number of hydrogen-bond donors (Lipinski definition) is 0. The summed E-state index contributed by atoms with van der Waals surface area (Å²) >= 11 is 1.89. The van der Waals surface area contributed by atoms with E-state index in [4.69, 9.17) is 0 Å². The van der Waals surface area contributed by atoms with Crippen LogP contribution < -0.4 is 4.90 Å². The first-order valence-corrected chi connectivity index (χ1v) is 20.4. The van der Waals surface area contributed by atoms with Crippen molar-refractivity contribution in [1.82, 2.24) is 0 Å². The highest BCUT2D eigenvalue weighted by Gasteiger charge is 2.46. The van der Waals surface area contributed by atoms with E-state index in [1.165, 1.54) is 75.8 Å². The van der Waals surface area contributed by atoms with E-state index in [2.05, 4.69) is 229 Å². The third kappa shape index (κ3) is 5.37. The lowest BCUT2D eigenvalue weighted by Gasteiger charge is -2.33. The molecule has 11 rings (SSSR count). The van der Waals surface area contributed by atoms with Crippen LogP contribution in [0.4, 0.5) is 17.1 Å². The molecule has 1 heterocycles. The predicted molar refractivity (Wildman–Crippen MR) is 242 cm³/mol. The van der Waals surface area contributed by atoms with Gasteiger partial charge in [-0.1, -0.05) is 176 Å². The van der Waals surface area contributed by atoms with Crippen LogP contribution >= 0.6 is 11.3 Å². The normalized spacial score (nSPS) is 12.7. The van der Waals surface area contributed by atoms with Gasteiger partial charge in [0.15, 0.2) is 0 Å². The van der Waals surface area contributed by atoms with Gasteiger partial charge < -0.3 is 4.90 Å². The summed E-state index contributed by atoms with van der Waals surface area (Å²) in [5.74, 6) is 0. The first-order valence-electron chi connectivity index (χ1n) is 19.6. The van der Waals surface area contributed by atoms with E-state index in [0.29, 0.717) is 0 Å². The second-order valence-electron chi connectivity index (χ2n) is 14.8. The number of rotatable bonds is 7. The van der Waals surface area contributed by atoms with Gasteiger partial charge in [-0.2, -0.15) is 0 Å². The molecule has 57 heavy (non-hydrogen) atoms. The van der Waals surface area contributed by atoms with Crippen LogP contribution in [0.1, 0.15) is 22.3 Å². The van der Waals surface area contributed by atoms with Crippen molar-refractivity contribution in [3.63, 3.8) is 0 Å². The largest absolute Gasteiger partial charge is 0.310 e. The number of fused-ring (bicyclic) bond motifs is 6. The average Bonchev–Trinajstić information content (AvgIpc) is 3.82. The Bertz CT molecular complexity index is 3010. The Morgan fingerprint density at radius 3 is 1.60 bits per heavy atom. The molecule has 0 atom stereocenters. The van der Waals surface area contributed by atoms with Gasteiger partial charge in [0.1, 0.15) is 0 Å². The van der Waals surface area contributed by atoms with Crippen LogP contribution in [0.15, 0.2) is 224 Å². The topological polar surface area (TPSA) is 3.24 Å². The van der Waals surface area contributed by atoms with Crippen LogP contribution in [-0.2, 0) is 5.41 Å². The molecule has 0 amide bonds. The highest BCUT2D eigenvalue weighted by Crippen LogP contribution is 2.57. The van der Waals surface area contributed by atoms with Crippen molar-refractivity contribution in [3.05, 3.63) is 247 Å². The van der Waals surface area contributed by atoms with E-state index >= 15 is 0 Å². The van der Waals surface area contributed by atoms with Gasteiger partial charge in [-0.05, 0) is 104 Å². The van der Waals surface area contributed by atoms with Gasteiger partial charge in [-0.3, -0.25) is 0 Å². The average molecular weight is 744 g/mol. The molecule has 0 saturated heterocycles. The van der Waals surface area contributed by atoms with Crippen molar-refractivity contribution in [2.75, 3.05) is 4.90 Å². The predicted octanol–water partition coefficient (Wildman–Crippen LogP) is 15.2. The lowest BCUT2D eigenvalue weighted by molar-refractivity contribution is 0.770. The Morgan fingerprint density at radius 1 is 0.333 bits per heavy atom. The summed E-state index contributed by atoms with van der Waals surface area (Å²) in [5.41, 5.74) is 15.7. The highest BCUT2D eigenvalue weighted by molar-refractivity contribution is 7.26. The zero-order valence-corrected chi connectivity index (χ0v) is 32.0. The fourth-order valence-electron chi connectivity index (χ4n) is 9.28. The van der Waals surface area contributed by atoms with Crippen LogP contribution in [0, 0.1) is 0 Å². The molecule has 10 aromatic rings. The molecule has 1 aromatic heterocycles. The molecule has 0 unspecified atom stereocenters. The van der Waals surface area contributed by atoms with Crippen LogP contribution in [0.25, 0.3) is 53.6 Å². The van der Waals surface area contributed by atoms with Crippen LogP contribution in [0.3, 0.4) is 0 Å². The summed E-state index contributed by atoms with van der Waals surface area (Å²) in [7, 11) is 0. The SMILES string of the molecule is c1ccc(-c2ccc(N(c3ccccc3)c3cccc(-c4cccc5sc6cc(C7(c8ccccc8)c8ccccc8-c8ccccc87)ccc6c45)c3)cc2)cc1. The third-order valence-corrected chi connectivity index (χ3v) is 12.9. The first-order chi connectivity index (χ1) is 28.3. The summed E-state index contributed by atoms with van der Waals surface area (Å²) in [6.07, 6.45) is 0. The lowest BCUT2D eigenvalue weighted by Crippen LogP contribution is -2.28. The summed E-state index contributed by atoms with van der Waals surface area (Å²) in [6.45, 7) is 0. The fourth-order valence-corrected chi connectivity index (χ4v) is 10.5. The van der Waals surface area contributed by atoms with E-state index in [9.17, 15) is 0 Å². The summed E-state index contributed by atoms with van der Waals surface area (Å²) in [4.78, 5) is 2.36. The molecule has 0 aliphatic heterocycles. The van der Waals surface area contributed by atoms with E-state index in [0.717, 1.165) is 17.1 Å². The standard InChI is InChI=1S/C55H37NS/c1-4-16-38(17-5-1)39-30-33-44(34-31-39)56(43-21-8-3-9-22-43)45-23-14-18-40(36-45)46-26-15-29-52-54(46)49-35-32-42(37-53(49)57-52)55(41-19-6-2-7-20-41)50-27-12-10-24-47(50)48-25-11-13-28-51(48)55/h1-37H. The number of thiophene rings is 1. The fraction of sp³-hybridized carbons (Fsp3) is 0.0182. The molecule has 268 valence electrons. The van der Waals surface area contributed by atoms with Gasteiger partial charge in [-0.15, -0.1) is 11.3 Å². The van der Waals surface area contributed by atoms with E-state index in [-0.39, 0.29) is 0 Å². The minimum Gasteiger partial charge on any atom is -0.310 e. The molecular weight excluding hydrogens is 707 g/mol. The van der Waals surface area contributed by atoms with Crippen LogP contribution in [0.5, 0.6) is 0 Å². The Balaban J connectivity index is 1.05. The smallest absolute Gasteiger partial charge is 0.0714 e. The zero-order valence-electron chi connectivity index (χ0n) is 31.2. The van der Waals surface area contributed by atoms with Crippen molar-refractivity contribution in [1.29, 1.82) is 0 Å². The molecule has 9 aromatic carbocycles. The van der Waals surface area contributed by atoms with Crippen molar-refractivity contribution < 1.29 is 0 Å². The summed E-state index contributed by atoms with van der Waals surface area (Å²) < 4.78 is 2.59. The molecule has 1 nitrogen and oxygen atoms in total. The lowest BCUT2D eigenvalue weighted by atomic mass is 9.67. The molecule has 0 saturated carbocycles. The van der Waals surface area contributed by atoms with Gasteiger partial charge in [0.05, 0.1) is 5.41 Å². The molecular formula is C55H37NS. The van der Waals surface area contributed by atoms with E-state index in [1.807, 2.05) is 11.3 Å². The first kappa shape index (κ1) is 33.3. The van der Waals surface area contributed by atoms with Crippen molar-refractivity contribution >= 4 is 48.6 Å². The molecule has 0 fully saturated rings. The molecule has 0 N–H and O–H groups in total. The van der Waals surface area contributed by atoms with Crippen molar-refractivity contribution in [3.8, 4) is 33.4 Å². The minimum atomic E-state index is -0.420. The zero-order chi connectivity index (χ0) is 37.8. The number of nitrogens with zero attached hydrogens (tertiary/aromatic N) is 1. The van der Waals surface area contributed by atoms with Crippen molar-refractivity contribution in [2.24, 2.45) is 0 Å². The molecule has 2 heteroatoms. The Kier molecular flexibility index (Phi) is 7.98. The third-order valence-electron chi connectivity index (χ3n) is 11.8. The quantitative estimate of drug-likeness (QED) is 0.157. The Hall–Kier alpha value is -7.00. The minimum absolute atomic E-state index is 0.420. The van der Waals surface area contributed by atoms with Gasteiger partial charge in [0.25, 0.3) is 0 Å². The molecule has 0 bridgehead atoms. The highest BCUT2D eigenvalue weighted by atomic mass is 32.1. The summed E-state index contributed by atoms with van der Waals surface area (Å²) in [5, 5.41) is 2.60. The number of para-hydroxylation sites is 1. The van der Waals surface area contributed by atoms with Crippen LogP contribution in [0.2, 0.25) is 0 Å². The summed E-state index contributed by atoms with van der Waals surface area (Å²) in [6, 6.07) is 82.3. The monoisotopic (exact) mass is 743 g/mol. The van der Waals surface area contributed by atoms with Gasteiger partial charge in [0, 0.05) is 37.2 Å². The maximum atomic E-state index is 2.47. The van der Waals surface area contributed by atoms with E-state index < -0.39 is 5.41 Å². The second kappa shape index (κ2) is 13.6. The molecule has 1 aliphatic rings. The number of anilines is 3. The number of benzene rings is 9. The maximum Gasteiger partial charge on any atom is 0.0714 e. The molecule has 0 spiro atoms. The Labute approximate surface area is 337 Å². The second-order valence-corrected chi connectivity index (χ2v) is 15.9. The molecule has 1 aliphatic carbocycles. The van der Waals surface area contributed by atoms with E-state index in [1.54, 1.807) is 0 Å². The molecule has 0 radical (unpaired) electrons. The van der Waals surface area contributed by atoms with Gasteiger partial charge in [-0.25, -0.2) is 0 Å². The Morgan fingerprint density at radius 2 is 0.877 bits per heavy atom. The van der Waals surface area contributed by atoms with Gasteiger partial charge in [0.2, 0.25) is 0 Å². The van der Waals surface area contributed by atoms with Crippen LogP contribution in [-0.4, -0.2) is 0 Å².